The van der Waals surface area contributed by atoms with Crippen LogP contribution in [0.5, 0.6) is 0 Å². The quantitative estimate of drug-likeness (QED) is 0.665. The standard InChI is InChI=1S/C23H22N2O2/c26-22(16-15-18-9-3-1-4-10-18)25-21-14-8-7-13-20(21)23(27)24-17-19-11-5-2-6-12-19/h1-14H,15-17H2,(H,24,27)(H,25,26). The van der Waals surface area contributed by atoms with Gasteiger partial charge in [0.25, 0.3) is 5.91 Å². The molecule has 0 fully saturated rings. The minimum Gasteiger partial charge on any atom is -0.348 e. The van der Waals surface area contributed by atoms with Crippen molar-refractivity contribution in [3.05, 3.63) is 102 Å². The monoisotopic (exact) mass is 358 g/mol. The number of aryl methyl sites for hydroxylation is 1. The second kappa shape index (κ2) is 9.34. The topological polar surface area (TPSA) is 58.2 Å². The zero-order valence-electron chi connectivity index (χ0n) is 15.0. The van der Waals surface area contributed by atoms with Crippen LogP contribution in [0.15, 0.2) is 84.9 Å². The molecule has 0 atom stereocenters. The Kier molecular flexibility index (Phi) is 6.36. The third kappa shape index (κ3) is 5.54. The summed E-state index contributed by atoms with van der Waals surface area (Å²) in [5.41, 5.74) is 3.12. The summed E-state index contributed by atoms with van der Waals surface area (Å²) in [5, 5.41) is 5.76. The Morgan fingerprint density at radius 3 is 2.00 bits per heavy atom. The van der Waals surface area contributed by atoms with Gasteiger partial charge in [0.05, 0.1) is 11.3 Å². The molecule has 4 heteroatoms. The maximum Gasteiger partial charge on any atom is 0.253 e. The lowest BCUT2D eigenvalue weighted by Crippen LogP contribution is -2.24. The van der Waals surface area contributed by atoms with E-state index in [1.54, 1.807) is 24.3 Å². The van der Waals surface area contributed by atoms with Gasteiger partial charge in [0, 0.05) is 13.0 Å². The van der Waals surface area contributed by atoms with Crippen LogP contribution >= 0.6 is 0 Å². The summed E-state index contributed by atoms with van der Waals surface area (Å²) in [6.07, 6.45) is 1.03. The molecule has 0 aliphatic heterocycles. The fraction of sp³-hybridized carbons (Fsp3) is 0.130. The van der Waals surface area contributed by atoms with Crippen LogP contribution in [0.3, 0.4) is 0 Å². The van der Waals surface area contributed by atoms with Crippen LogP contribution in [-0.2, 0) is 17.8 Å². The van der Waals surface area contributed by atoms with Crippen molar-refractivity contribution in [3.63, 3.8) is 0 Å². The molecule has 3 rings (SSSR count). The minimum atomic E-state index is -0.210. The van der Waals surface area contributed by atoms with Crippen LogP contribution in [0.25, 0.3) is 0 Å². The molecule has 3 aromatic rings. The van der Waals surface area contributed by atoms with Crippen LogP contribution in [-0.4, -0.2) is 11.8 Å². The maximum atomic E-state index is 12.5. The van der Waals surface area contributed by atoms with E-state index in [0.717, 1.165) is 11.1 Å². The molecule has 0 radical (unpaired) electrons. The highest BCUT2D eigenvalue weighted by molar-refractivity contribution is 6.03. The molecule has 0 aromatic heterocycles. The van der Waals surface area contributed by atoms with Gasteiger partial charge in [0.15, 0.2) is 0 Å². The van der Waals surface area contributed by atoms with Crippen LogP contribution in [0.1, 0.15) is 27.9 Å². The number of nitrogens with one attached hydrogen (secondary N) is 2. The fourth-order valence-electron chi connectivity index (χ4n) is 2.78. The summed E-state index contributed by atoms with van der Waals surface area (Å²) >= 11 is 0. The van der Waals surface area contributed by atoms with E-state index in [1.807, 2.05) is 60.7 Å². The Hall–Kier alpha value is -3.40. The molecule has 3 aromatic carbocycles. The van der Waals surface area contributed by atoms with E-state index < -0.39 is 0 Å². The van der Waals surface area contributed by atoms with Crippen molar-refractivity contribution in [1.82, 2.24) is 5.32 Å². The highest BCUT2D eigenvalue weighted by Crippen LogP contribution is 2.16. The van der Waals surface area contributed by atoms with Gasteiger partial charge in [0.2, 0.25) is 5.91 Å². The van der Waals surface area contributed by atoms with Crippen LogP contribution in [0.4, 0.5) is 5.69 Å². The van der Waals surface area contributed by atoms with Gasteiger partial charge < -0.3 is 10.6 Å². The number of para-hydroxylation sites is 1. The number of rotatable bonds is 7. The van der Waals surface area contributed by atoms with Gasteiger partial charge >= 0.3 is 0 Å². The SMILES string of the molecule is O=C(CCc1ccccc1)Nc1ccccc1C(=O)NCc1ccccc1. The maximum absolute atomic E-state index is 12.5. The van der Waals surface area contributed by atoms with Crippen molar-refractivity contribution < 1.29 is 9.59 Å². The van der Waals surface area contributed by atoms with Crippen LogP contribution in [0, 0.1) is 0 Å². The number of anilines is 1. The largest absolute Gasteiger partial charge is 0.348 e. The Morgan fingerprint density at radius 2 is 1.30 bits per heavy atom. The lowest BCUT2D eigenvalue weighted by atomic mass is 10.1. The van der Waals surface area contributed by atoms with Gasteiger partial charge in [-0.15, -0.1) is 0 Å². The predicted octanol–water partition coefficient (Wildman–Crippen LogP) is 4.19. The lowest BCUT2D eigenvalue weighted by molar-refractivity contribution is -0.116. The normalized spacial score (nSPS) is 10.2. The van der Waals surface area contributed by atoms with E-state index in [9.17, 15) is 9.59 Å². The molecule has 0 saturated carbocycles. The van der Waals surface area contributed by atoms with Crippen LogP contribution in [0.2, 0.25) is 0 Å². The summed E-state index contributed by atoms with van der Waals surface area (Å²) < 4.78 is 0. The van der Waals surface area contributed by atoms with E-state index in [2.05, 4.69) is 10.6 Å². The van der Waals surface area contributed by atoms with E-state index in [4.69, 9.17) is 0 Å². The van der Waals surface area contributed by atoms with Gasteiger partial charge in [-0.05, 0) is 29.7 Å². The smallest absolute Gasteiger partial charge is 0.253 e. The van der Waals surface area contributed by atoms with Crippen molar-refractivity contribution in [2.24, 2.45) is 0 Å². The van der Waals surface area contributed by atoms with Gasteiger partial charge in [-0.1, -0.05) is 72.8 Å². The molecule has 4 nitrogen and oxygen atoms in total. The second-order valence-corrected chi connectivity index (χ2v) is 6.25. The van der Waals surface area contributed by atoms with Crippen molar-refractivity contribution in [2.45, 2.75) is 19.4 Å². The van der Waals surface area contributed by atoms with Crippen molar-refractivity contribution in [3.8, 4) is 0 Å². The molecule has 2 amide bonds. The number of hydrogen-bond donors (Lipinski definition) is 2. The summed E-state index contributed by atoms with van der Waals surface area (Å²) in [6, 6.07) is 26.6. The van der Waals surface area contributed by atoms with E-state index >= 15 is 0 Å². The van der Waals surface area contributed by atoms with Crippen molar-refractivity contribution in [2.75, 3.05) is 5.32 Å². The van der Waals surface area contributed by atoms with E-state index in [-0.39, 0.29) is 11.8 Å². The molecule has 136 valence electrons. The first-order valence-electron chi connectivity index (χ1n) is 8.97. The Labute approximate surface area is 159 Å². The molecule has 27 heavy (non-hydrogen) atoms. The number of carbonyl (C=O) groups excluding carboxylic acids is 2. The summed E-state index contributed by atoms with van der Waals surface area (Å²) in [6.45, 7) is 0.440. The average molecular weight is 358 g/mol. The Bertz CT molecular complexity index is 893. The highest BCUT2D eigenvalue weighted by Gasteiger charge is 2.13. The first-order valence-corrected chi connectivity index (χ1v) is 8.97. The van der Waals surface area contributed by atoms with E-state index in [0.29, 0.717) is 30.6 Å². The molecule has 0 aliphatic carbocycles. The Balaban J connectivity index is 1.59. The number of amides is 2. The molecule has 0 unspecified atom stereocenters. The first-order chi connectivity index (χ1) is 13.2. The summed E-state index contributed by atoms with van der Waals surface area (Å²) in [5.74, 6) is -0.319. The van der Waals surface area contributed by atoms with E-state index in [1.165, 1.54) is 0 Å². The zero-order chi connectivity index (χ0) is 18.9. The summed E-state index contributed by atoms with van der Waals surface area (Å²) in [4.78, 5) is 24.8. The molecule has 0 spiro atoms. The summed E-state index contributed by atoms with van der Waals surface area (Å²) in [7, 11) is 0. The van der Waals surface area contributed by atoms with Gasteiger partial charge in [0.1, 0.15) is 0 Å². The molecular weight excluding hydrogens is 336 g/mol. The zero-order valence-corrected chi connectivity index (χ0v) is 15.0. The molecule has 0 saturated heterocycles. The van der Waals surface area contributed by atoms with Gasteiger partial charge in [-0.25, -0.2) is 0 Å². The second-order valence-electron chi connectivity index (χ2n) is 6.25. The highest BCUT2D eigenvalue weighted by atomic mass is 16.2. The third-order valence-corrected chi connectivity index (χ3v) is 4.23. The minimum absolute atomic E-state index is 0.109. The van der Waals surface area contributed by atoms with Crippen LogP contribution < -0.4 is 10.6 Å². The van der Waals surface area contributed by atoms with Crippen molar-refractivity contribution >= 4 is 17.5 Å². The molecule has 0 aliphatic rings. The molecule has 0 bridgehead atoms. The lowest BCUT2D eigenvalue weighted by Gasteiger charge is -2.11. The number of hydrogen-bond acceptors (Lipinski definition) is 2. The molecule has 0 heterocycles. The average Bonchev–Trinajstić information content (AvgIpc) is 2.72. The van der Waals surface area contributed by atoms with Crippen molar-refractivity contribution in [1.29, 1.82) is 0 Å². The Morgan fingerprint density at radius 1 is 0.704 bits per heavy atom. The third-order valence-electron chi connectivity index (χ3n) is 4.23. The first kappa shape index (κ1) is 18.4. The van der Waals surface area contributed by atoms with Gasteiger partial charge in [-0.3, -0.25) is 9.59 Å². The predicted molar refractivity (Wildman–Crippen MR) is 107 cm³/mol. The van der Waals surface area contributed by atoms with Gasteiger partial charge in [-0.2, -0.15) is 0 Å². The fourth-order valence-corrected chi connectivity index (χ4v) is 2.78. The number of carbonyl (C=O) groups is 2. The molecule has 2 N–H and O–H groups in total. The molecular formula is C23H22N2O2. The number of benzene rings is 3.